The van der Waals surface area contributed by atoms with Gasteiger partial charge in [0.2, 0.25) is 5.91 Å². The molecule has 1 saturated heterocycles. The van der Waals surface area contributed by atoms with Crippen LogP contribution in [-0.2, 0) is 4.79 Å². The second-order valence-corrected chi connectivity index (χ2v) is 7.44. The maximum Gasteiger partial charge on any atom is 0.226 e. The third kappa shape index (κ3) is 3.19. The van der Waals surface area contributed by atoms with Crippen molar-refractivity contribution >= 4 is 5.91 Å². The summed E-state index contributed by atoms with van der Waals surface area (Å²) in [4.78, 5) is 15.2. The van der Waals surface area contributed by atoms with Crippen LogP contribution in [0.25, 0.3) is 0 Å². The Hall–Kier alpha value is -1.35. The Morgan fingerprint density at radius 1 is 1.14 bits per heavy atom. The molecule has 1 heterocycles. The van der Waals surface area contributed by atoms with Gasteiger partial charge in [0, 0.05) is 30.6 Å². The van der Waals surface area contributed by atoms with Gasteiger partial charge in [0.1, 0.15) is 0 Å². The number of rotatable bonds is 2. The molecule has 1 aromatic rings. The zero-order valence-electron chi connectivity index (χ0n) is 13.8. The molecule has 0 radical (unpaired) electrons. The molecule has 3 nitrogen and oxygen atoms in total. The molecule has 1 atom stereocenters. The third-order valence-electron chi connectivity index (χ3n) is 5.30. The van der Waals surface area contributed by atoms with Crippen molar-refractivity contribution in [1.82, 2.24) is 10.2 Å². The third-order valence-corrected chi connectivity index (χ3v) is 5.30. The second-order valence-electron chi connectivity index (χ2n) is 7.44. The van der Waals surface area contributed by atoms with Crippen LogP contribution >= 0.6 is 0 Å². The highest BCUT2D eigenvalue weighted by atomic mass is 16.2. The van der Waals surface area contributed by atoms with Crippen molar-refractivity contribution in [3.63, 3.8) is 0 Å². The van der Waals surface area contributed by atoms with Crippen molar-refractivity contribution < 1.29 is 4.79 Å². The molecule has 3 rings (SSSR count). The molecule has 1 amide bonds. The minimum Gasteiger partial charge on any atom is -0.334 e. The molecule has 0 bridgehead atoms. The summed E-state index contributed by atoms with van der Waals surface area (Å²) in [5.74, 6) is 0.634. The van der Waals surface area contributed by atoms with E-state index in [4.69, 9.17) is 0 Å². The Kier molecular flexibility index (Phi) is 4.53. The molecule has 1 unspecified atom stereocenters. The predicted molar refractivity (Wildman–Crippen MR) is 89.6 cm³/mol. The Labute approximate surface area is 134 Å². The van der Waals surface area contributed by atoms with E-state index in [0.717, 1.165) is 25.9 Å². The number of carbonyl (C=O) groups excluding carboxylic acids is 1. The highest BCUT2D eigenvalue weighted by Gasteiger charge is 2.39. The fraction of sp³-hybridized carbons (Fsp3) is 0.632. The summed E-state index contributed by atoms with van der Waals surface area (Å²) in [6.45, 7) is 6.00. The average Bonchev–Trinajstić information content (AvgIpc) is 2.56. The monoisotopic (exact) mass is 300 g/mol. The van der Waals surface area contributed by atoms with Gasteiger partial charge in [0.25, 0.3) is 0 Å². The van der Waals surface area contributed by atoms with Crippen molar-refractivity contribution in [3.05, 3.63) is 35.9 Å². The Bertz CT molecular complexity index is 505. The van der Waals surface area contributed by atoms with Crippen LogP contribution < -0.4 is 5.32 Å². The Morgan fingerprint density at radius 2 is 1.82 bits per heavy atom. The lowest BCUT2D eigenvalue weighted by atomic mass is 9.85. The molecule has 1 aliphatic carbocycles. The van der Waals surface area contributed by atoms with Crippen molar-refractivity contribution in [3.8, 4) is 0 Å². The molecule has 3 heteroatoms. The van der Waals surface area contributed by atoms with Crippen molar-refractivity contribution in [2.75, 3.05) is 13.1 Å². The second kappa shape index (κ2) is 6.41. The average molecular weight is 300 g/mol. The predicted octanol–water partition coefficient (Wildman–Crippen LogP) is 3.52. The van der Waals surface area contributed by atoms with Gasteiger partial charge in [0.15, 0.2) is 0 Å². The van der Waals surface area contributed by atoms with Crippen LogP contribution in [0.5, 0.6) is 0 Å². The van der Waals surface area contributed by atoms with E-state index in [9.17, 15) is 4.79 Å². The van der Waals surface area contributed by atoms with Gasteiger partial charge in [-0.15, -0.1) is 0 Å². The van der Waals surface area contributed by atoms with Crippen LogP contribution in [0.2, 0.25) is 0 Å². The van der Waals surface area contributed by atoms with Crippen LogP contribution in [0, 0.1) is 5.92 Å². The van der Waals surface area contributed by atoms with Crippen LogP contribution in [-0.4, -0.2) is 29.4 Å². The summed E-state index contributed by atoms with van der Waals surface area (Å²) in [6.07, 6.45) is 5.88. The smallest absolute Gasteiger partial charge is 0.226 e. The van der Waals surface area contributed by atoms with E-state index >= 15 is 0 Å². The van der Waals surface area contributed by atoms with E-state index in [1.165, 1.54) is 24.8 Å². The van der Waals surface area contributed by atoms with Gasteiger partial charge in [-0.2, -0.15) is 0 Å². The fourth-order valence-corrected chi connectivity index (χ4v) is 3.83. The normalized spacial score (nSPS) is 25.9. The standard InChI is InChI=1S/C19H28N2O/c1-19(2)14-20-17(15-9-5-3-6-10-15)13-21(19)18(22)16-11-7-4-8-12-16/h3,5-6,9-10,16-17,20H,4,7-8,11-14H2,1-2H3. The number of nitrogens with zero attached hydrogens (tertiary/aromatic N) is 1. The molecule has 0 aromatic heterocycles. The number of nitrogens with one attached hydrogen (secondary N) is 1. The molecule has 2 aliphatic rings. The van der Waals surface area contributed by atoms with Gasteiger partial charge in [-0.3, -0.25) is 4.79 Å². The summed E-state index contributed by atoms with van der Waals surface area (Å²) >= 11 is 0. The number of hydrogen-bond donors (Lipinski definition) is 1. The first-order chi connectivity index (χ1) is 10.6. The van der Waals surface area contributed by atoms with Gasteiger partial charge < -0.3 is 10.2 Å². The first kappa shape index (κ1) is 15.5. The molecule has 1 N–H and O–H groups in total. The number of amides is 1. The van der Waals surface area contributed by atoms with Crippen LogP contribution in [0.3, 0.4) is 0 Å². The quantitative estimate of drug-likeness (QED) is 0.906. The molecule has 2 fully saturated rings. The van der Waals surface area contributed by atoms with Crippen molar-refractivity contribution in [2.24, 2.45) is 5.92 Å². The summed E-state index contributed by atoms with van der Waals surface area (Å²) in [6, 6.07) is 10.7. The van der Waals surface area contributed by atoms with Gasteiger partial charge in [-0.1, -0.05) is 49.6 Å². The zero-order valence-corrected chi connectivity index (χ0v) is 13.8. The SMILES string of the molecule is CC1(C)CNC(c2ccccc2)CN1C(=O)C1CCCCC1. The molecule has 22 heavy (non-hydrogen) atoms. The fourth-order valence-electron chi connectivity index (χ4n) is 3.83. The van der Waals surface area contributed by atoms with Gasteiger partial charge >= 0.3 is 0 Å². The number of benzene rings is 1. The highest BCUT2D eigenvalue weighted by molar-refractivity contribution is 5.80. The number of piperazine rings is 1. The Balaban J connectivity index is 1.76. The molecule has 120 valence electrons. The maximum atomic E-state index is 13.0. The van der Waals surface area contributed by atoms with Crippen LogP contribution in [0.15, 0.2) is 30.3 Å². The summed E-state index contributed by atoms with van der Waals surface area (Å²) in [5.41, 5.74) is 1.18. The molecule has 1 aliphatic heterocycles. The largest absolute Gasteiger partial charge is 0.334 e. The lowest BCUT2D eigenvalue weighted by molar-refractivity contribution is -0.144. The first-order valence-corrected chi connectivity index (χ1v) is 8.68. The zero-order chi connectivity index (χ0) is 15.6. The van der Waals surface area contributed by atoms with Gasteiger partial charge in [-0.05, 0) is 32.3 Å². The van der Waals surface area contributed by atoms with Gasteiger partial charge in [-0.25, -0.2) is 0 Å². The van der Waals surface area contributed by atoms with E-state index in [2.05, 4.69) is 48.3 Å². The van der Waals surface area contributed by atoms with E-state index in [-0.39, 0.29) is 17.5 Å². The number of hydrogen-bond acceptors (Lipinski definition) is 2. The lowest BCUT2D eigenvalue weighted by Gasteiger charge is -2.47. The topological polar surface area (TPSA) is 32.3 Å². The first-order valence-electron chi connectivity index (χ1n) is 8.68. The molecular weight excluding hydrogens is 272 g/mol. The molecule has 1 saturated carbocycles. The summed E-state index contributed by atoms with van der Waals surface area (Å²) in [5, 5.41) is 3.62. The minimum absolute atomic E-state index is 0.0974. The van der Waals surface area contributed by atoms with E-state index < -0.39 is 0 Å². The van der Waals surface area contributed by atoms with E-state index in [1.54, 1.807) is 0 Å². The van der Waals surface area contributed by atoms with E-state index in [0.29, 0.717) is 5.91 Å². The highest BCUT2D eigenvalue weighted by Crippen LogP contribution is 2.31. The summed E-state index contributed by atoms with van der Waals surface area (Å²) < 4.78 is 0. The number of carbonyl (C=O) groups is 1. The minimum atomic E-state index is -0.0974. The lowest BCUT2D eigenvalue weighted by Crippen LogP contribution is -2.62. The van der Waals surface area contributed by atoms with Gasteiger partial charge in [0.05, 0.1) is 0 Å². The maximum absolute atomic E-state index is 13.0. The van der Waals surface area contributed by atoms with E-state index in [1.807, 2.05) is 6.07 Å². The Morgan fingerprint density at radius 3 is 2.50 bits per heavy atom. The summed E-state index contributed by atoms with van der Waals surface area (Å²) in [7, 11) is 0. The van der Waals surface area contributed by atoms with Crippen LogP contribution in [0.4, 0.5) is 0 Å². The molecular formula is C19H28N2O. The molecule has 1 aromatic carbocycles. The van der Waals surface area contributed by atoms with Crippen molar-refractivity contribution in [1.29, 1.82) is 0 Å². The van der Waals surface area contributed by atoms with Crippen molar-refractivity contribution in [2.45, 2.75) is 57.5 Å². The molecule has 0 spiro atoms. The van der Waals surface area contributed by atoms with Crippen LogP contribution in [0.1, 0.15) is 57.6 Å².